The molecule has 20 heavy (non-hydrogen) atoms. The minimum Gasteiger partial charge on any atom is -0.338 e. The van der Waals surface area contributed by atoms with Gasteiger partial charge in [-0.25, -0.2) is 4.79 Å². The Morgan fingerprint density at radius 2 is 1.90 bits per heavy atom. The Morgan fingerprint density at radius 1 is 1.25 bits per heavy atom. The number of carbonyl (C=O) groups is 1. The molecule has 0 radical (unpaired) electrons. The zero-order valence-electron chi connectivity index (χ0n) is 11.3. The van der Waals surface area contributed by atoms with E-state index < -0.39 is 17.8 Å². The Balaban J connectivity index is 2.63. The number of rotatable bonds is 5. The molecular weight excluding hydrogens is 271 g/mol. The number of amides is 2. The molecule has 7 heteroatoms. The molecular formula is C13H18F3N3O. The fraction of sp³-hybridized carbons (Fsp3) is 0.462. The van der Waals surface area contributed by atoms with Gasteiger partial charge in [-0.15, -0.1) is 0 Å². The van der Waals surface area contributed by atoms with Gasteiger partial charge in [0.15, 0.2) is 0 Å². The Morgan fingerprint density at radius 3 is 2.50 bits per heavy atom. The van der Waals surface area contributed by atoms with E-state index in [-0.39, 0.29) is 11.6 Å². The molecule has 0 aliphatic carbocycles. The number of carbonyl (C=O) groups excluding carboxylic acids is 1. The molecule has 0 aliphatic heterocycles. The fourth-order valence-electron chi connectivity index (χ4n) is 1.69. The van der Waals surface area contributed by atoms with Crippen LogP contribution in [-0.4, -0.2) is 26.2 Å². The normalized spacial score (nSPS) is 12.8. The summed E-state index contributed by atoms with van der Waals surface area (Å²) in [6.45, 7) is 3.00. The molecule has 0 saturated carbocycles. The smallest absolute Gasteiger partial charge is 0.338 e. The van der Waals surface area contributed by atoms with Crippen molar-refractivity contribution in [3.8, 4) is 0 Å². The average molecular weight is 289 g/mol. The maximum Gasteiger partial charge on any atom is 0.418 e. The topological polar surface area (TPSA) is 53.2 Å². The predicted octanol–water partition coefficient (Wildman–Crippen LogP) is 2.68. The highest BCUT2D eigenvalue weighted by atomic mass is 19.4. The van der Waals surface area contributed by atoms with Crippen molar-refractivity contribution >= 4 is 11.7 Å². The van der Waals surface area contributed by atoms with Crippen LogP contribution in [0.5, 0.6) is 0 Å². The first kappa shape index (κ1) is 16.3. The highest BCUT2D eigenvalue weighted by Crippen LogP contribution is 2.34. The van der Waals surface area contributed by atoms with Gasteiger partial charge in [0.05, 0.1) is 11.3 Å². The maximum atomic E-state index is 12.7. The lowest BCUT2D eigenvalue weighted by molar-refractivity contribution is -0.136. The number of halogens is 3. The number of alkyl halides is 3. The summed E-state index contributed by atoms with van der Waals surface area (Å²) in [5.41, 5.74) is -1.11. The monoisotopic (exact) mass is 289 g/mol. The minimum absolute atomic E-state index is 0.184. The lowest BCUT2D eigenvalue weighted by Gasteiger charge is -2.15. The van der Waals surface area contributed by atoms with Gasteiger partial charge in [-0.2, -0.15) is 13.2 Å². The van der Waals surface area contributed by atoms with Gasteiger partial charge in [0, 0.05) is 6.54 Å². The molecule has 1 unspecified atom stereocenters. The van der Waals surface area contributed by atoms with Crippen molar-refractivity contribution in [3.63, 3.8) is 0 Å². The summed E-state index contributed by atoms with van der Waals surface area (Å²) < 4.78 is 38.2. The van der Waals surface area contributed by atoms with Gasteiger partial charge in [-0.3, -0.25) is 0 Å². The van der Waals surface area contributed by atoms with Crippen LogP contribution in [0.3, 0.4) is 0 Å². The summed E-state index contributed by atoms with van der Waals surface area (Å²) in [5.74, 6) is 0.184. The molecule has 1 atom stereocenters. The Hall–Kier alpha value is -1.76. The third-order valence-electron chi connectivity index (χ3n) is 2.64. The molecule has 2 amide bonds. The van der Waals surface area contributed by atoms with Crippen LogP contribution in [0.25, 0.3) is 0 Å². The molecule has 0 spiro atoms. The molecule has 0 bridgehead atoms. The van der Waals surface area contributed by atoms with Crippen molar-refractivity contribution in [1.29, 1.82) is 0 Å². The molecule has 0 saturated heterocycles. The molecule has 1 aromatic carbocycles. The number of benzene rings is 1. The summed E-state index contributed by atoms with van der Waals surface area (Å²) in [7, 11) is 1.79. The number of hydrogen-bond acceptors (Lipinski definition) is 2. The van der Waals surface area contributed by atoms with E-state index in [1.807, 2.05) is 6.92 Å². The van der Waals surface area contributed by atoms with E-state index in [1.165, 1.54) is 18.2 Å². The first-order chi connectivity index (χ1) is 9.34. The molecule has 0 aromatic heterocycles. The molecule has 4 nitrogen and oxygen atoms in total. The zero-order valence-corrected chi connectivity index (χ0v) is 11.3. The summed E-state index contributed by atoms with van der Waals surface area (Å²) in [6, 6.07) is 4.22. The molecule has 0 aliphatic rings. The van der Waals surface area contributed by atoms with E-state index in [1.54, 1.807) is 7.05 Å². The molecule has 112 valence electrons. The van der Waals surface area contributed by atoms with E-state index in [0.717, 1.165) is 6.07 Å². The molecule has 0 fully saturated rings. The van der Waals surface area contributed by atoms with E-state index in [0.29, 0.717) is 13.1 Å². The molecule has 1 aromatic rings. The Kier molecular flexibility index (Phi) is 5.82. The van der Waals surface area contributed by atoms with Gasteiger partial charge in [-0.05, 0) is 31.6 Å². The van der Waals surface area contributed by atoms with Crippen LogP contribution in [-0.2, 0) is 6.18 Å². The number of nitrogens with one attached hydrogen (secondary N) is 3. The quantitative estimate of drug-likeness (QED) is 0.780. The minimum atomic E-state index is -4.50. The highest BCUT2D eigenvalue weighted by Gasteiger charge is 2.33. The average Bonchev–Trinajstić information content (AvgIpc) is 2.36. The van der Waals surface area contributed by atoms with Gasteiger partial charge in [0.2, 0.25) is 0 Å². The van der Waals surface area contributed by atoms with Gasteiger partial charge >= 0.3 is 12.2 Å². The first-order valence-electron chi connectivity index (χ1n) is 6.20. The zero-order chi connectivity index (χ0) is 15.2. The van der Waals surface area contributed by atoms with E-state index in [4.69, 9.17) is 0 Å². The molecule has 3 N–H and O–H groups in total. The summed E-state index contributed by atoms with van der Waals surface area (Å²) in [4.78, 5) is 11.6. The first-order valence-corrected chi connectivity index (χ1v) is 6.20. The fourth-order valence-corrected chi connectivity index (χ4v) is 1.69. The summed E-state index contributed by atoms with van der Waals surface area (Å²) >= 11 is 0. The van der Waals surface area contributed by atoms with E-state index in [9.17, 15) is 18.0 Å². The summed E-state index contributed by atoms with van der Waals surface area (Å²) in [6.07, 6.45) is -4.50. The van der Waals surface area contributed by atoms with Crippen molar-refractivity contribution in [1.82, 2.24) is 10.6 Å². The van der Waals surface area contributed by atoms with Gasteiger partial charge in [-0.1, -0.05) is 19.1 Å². The largest absolute Gasteiger partial charge is 0.418 e. The Bertz CT molecular complexity index is 449. The third-order valence-corrected chi connectivity index (χ3v) is 2.64. The second-order valence-electron chi connectivity index (χ2n) is 4.54. The SMILES string of the molecule is CNCC(C)CNC(=O)Nc1ccccc1C(F)(F)F. The number of urea groups is 1. The van der Waals surface area contributed by atoms with Crippen LogP contribution >= 0.6 is 0 Å². The van der Waals surface area contributed by atoms with Gasteiger partial charge < -0.3 is 16.0 Å². The van der Waals surface area contributed by atoms with Crippen LogP contribution in [0, 0.1) is 5.92 Å². The summed E-state index contributed by atoms with van der Waals surface area (Å²) in [5, 5.41) is 7.71. The van der Waals surface area contributed by atoms with Crippen molar-refractivity contribution in [2.45, 2.75) is 13.1 Å². The van der Waals surface area contributed by atoms with Crippen molar-refractivity contribution in [2.24, 2.45) is 5.92 Å². The lowest BCUT2D eigenvalue weighted by atomic mass is 10.1. The van der Waals surface area contributed by atoms with E-state index in [2.05, 4.69) is 16.0 Å². The standard InChI is InChI=1S/C13H18F3N3O/c1-9(7-17-2)8-18-12(20)19-11-6-4-3-5-10(11)13(14,15)16/h3-6,9,17H,7-8H2,1-2H3,(H2,18,19,20). The predicted molar refractivity (Wildman–Crippen MR) is 71.6 cm³/mol. The van der Waals surface area contributed by atoms with Crippen LogP contribution in [0.4, 0.5) is 23.7 Å². The van der Waals surface area contributed by atoms with Crippen molar-refractivity contribution in [2.75, 3.05) is 25.5 Å². The van der Waals surface area contributed by atoms with Crippen LogP contribution in [0.2, 0.25) is 0 Å². The van der Waals surface area contributed by atoms with Crippen LogP contribution < -0.4 is 16.0 Å². The maximum absolute atomic E-state index is 12.7. The molecule has 0 heterocycles. The van der Waals surface area contributed by atoms with Crippen LogP contribution in [0.1, 0.15) is 12.5 Å². The highest BCUT2D eigenvalue weighted by molar-refractivity contribution is 5.90. The number of para-hydroxylation sites is 1. The number of hydrogen-bond donors (Lipinski definition) is 3. The van der Waals surface area contributed by atoms with Gasteiger partial charge in [0.25, 0.3) is 0 Å². The lowest BCUT2D eigenvalue weighted by Crippen LogP contribution is -2.35. The van der Waals surface area contributed by atoms with Crippen molar-refractivity contribution < 1.29 is 18.0 Å². The van der Waals surface area contributed by atoms with Crippen molar-refractivity contribution in [3.05, 3.63) is 29.8 Å². The Labute approximate surface area is 115 Å². The second kappa shape index (κ2) is 7.14. The molecule has 1 rings (SSSR count). The van der Waals surface area contributed by atoms with E-state index >= 15 is 0 Å². The van der Waals surface area contributed by atoms with Gasteiger partial charge in [0.1, 0.15) is 0 Å². The third kappa shape index (κ3) is 5.08. The van der Waals surface area contributed by atoms with Crippen LogP contribution in [0.15, 0.2) is 24.3 Å². The number of anilines is 1. The second-order valence-corrected chi connectivity index (χ2v) is 4.54.